The van der Waals surface area contributed by atoms with Crippen LogP contribution in [0, 0.1) is 0 Å². The van der Waals surface area contributed by atoms with Crippen molar-refractivity contribution in [3.05, 3.63) is 36.7 Å². The molecule has 0 amide bonds. The summed E-state index contributed by atoms with van der Waals surface area (Å²) in [5, 5.41) is 0.847. The zero-order chi connectivity index (χ0) is 13.9. The quantitative estimate of drug-likeness (QED) is 0.930. The SMILES string of the molecule is CC(C)(C)Oc1nc(Sc2ccncc2)ccc1N. The van der Waals surface area contributed by atoms with Crippen LogP contribution >= 0.6 is 11.8 Å². The lowest BCUT2D eigenvalue weighted by molar-refractivity contribution is 0.124. The van der Waals surface area contributed by atoms with Crippen LogP contribution in [0.2, 0.25) is 0 Å². The topological polar surface area (TPSA) is 61.0 Å². The minimum atomic E-state index is -0.318. The average molecular weight is 275 g/mol. The fraction of sp³-hybridized carbons (Fsp3) is 0.286. The van der Waals surface area contributed by atoms with Crippen LogP contribution in [0.5, 0.6) is 5.88 Å². The van der Waals surface area contributed by atoms with Crippen molar-refractivity contribution < 1.29 is 4.74 Å². The summed E-state index contributed by atoms with van der Waals surface area (Å²) in [6, 6.07) is 7.58. The molecule has 0 fully saturated rings. The van der Waals surface area contributed by atoms with Crippen molar-refractivity contribution in [2.45, 2.75) is 36.3 Å². The maximum atomic E-state index is 5.88. The molecule has 2 N–H and O–H groups in total. The number of rotatable bonds is 3. The minimum Gasteiger partial charge on any atom is -0.470 e. The predicted molar refractivity (Wildman–Crippen MR) is 77.4 cm³/mol. The Morgan fingerprint density at radius 2 is 1.79 bits per heavy atom. The molecule has 0 atom stereocenters. The molecule has 2 aromatic heterocycles. The van der Waals surface area contributed by atoms with Crippen molar-refractivity contribution in [1.82, 2.24) is 9.97 Å². The van der Waals surface area contributed by atoms with Gasteiger partial charge in [0.2, 0.25) is 5.88 Å². The fourth-order valence-electron chi connectivity index (χ4n) is 1.39. The van der Waals surface area contributed by atoms with Gasteiger partial charge >= 0.3 is 0 Å². The summed E-state index contributed by atoms with van der Waals surface area (Å²) >= 11 is 1.55. The van der Waals surface area contributed by atoms with Crippen LogP contribution in [0.25, 0.3) is 0 Å². The maximum absolute atomic E-state index is 5.88. The summed E-state index contributed by atoms with van der Waals surface area (Å²) in [7, 11) is 0. The van der Waals surface area contributed by atoms with E-state index in [0.717, 1.165) is 9.92 Å². The summed E-state index contributed by atoms with van der Waals surface area (Å²) in [5.74, 6) is 0.478. The van der Waals surface area contributed by atoms with E-state index < -0.39 is 0 Å². The van der Waals surface area contributed by atoms with Crippen LogP contribution in [-0.2, 0) is 0 Å². The molecule has 2 rings (SSSR count). The minimum absolute atomic E-state index is 0.318. The zero-order valence-corrected chi connectivity index (χ0v) is 12.1. The van der Waals surface area contributed by atoms with Gasteiger partial charge in [0.05, 0.1) is 5.69 Å². The Bertz CT molecular complexity index is 552. The predicted octanol–water partition coefficient (Wildman–Crippen LogP) is 3.39. The number of ether oxygens (including phenoxy) is 1. The van der Waals surface area contributed by atoms with Crippen molar-refractivity contribution in [3.63, 3.8) is 0 Å². The molecule has 0 aromatic carbocycles. The van der Waals surface area contributed by atoms with Crippen molar-refractivity contribution in [2.24, 2.45) is 0 Å². The Morgan fingerprint density at radius 1 is 1.11 bits per heavy atom. The summed E-state index contributed by atoms with van der Waals surface area (Å²) in [6.07, 6.45) is 3.51. The summed E-state index contributed by atoms with van der Waals surface area (Å²) in [4.78, 5) is 9.51. The molecule has 4 nitrogen and oxygen atoms in total. The molecular weight excluding hydrogens is 258 g/mol. The van der Waals surface area contributed by atoms with E-state index in [9.17, 15) is 0 Å². The van der Waals surface area contributed by atoms with Gasteiger partial charge in [-0.15, -0.1) is 0 Å². The number of nitrogen functional groups attached to an aromatic ring is 1. The van der Waals surface area contributed by atoms with Gasteiger partial charge in [0.25, 0.3) is 0 Å². The van der Waals surface area contributed by atoms with E-state index in [1.54, 1.807) is 24.2 Å². The van der Waals surface area contributed by atoms with Gasteiger partial charge in [0.15, 0.2) is 0 Å². The number of nitrogens with zero attached hydrogens (tertiary/aromatic N) is 2. The molecular formula is C14H17N3OS. The van der Waals surface area contributed by atoms with Gasteiger partial charge in [-0.3, -0.25) is 4.98 Å². The van der Waals surface area contributed by atoms with Crippen molar-refractivity contribution in [1.29, 1.82) is 0 Å². The van der Waals surface area contributed by atoms with Gasteiger partial charge < -0.3 is 10.5 Å². The molecule has 2 aromatic rings. The van der Waals surface area contributed by atoms with Gasteiger partial charge in [-0.05, 0) is 45.0 Å². The Labute approximate surface area is 117 Å². The number of hydrogen-bond donors (Lipinski definition) is 1. The third-order valence-electron chi connectivity index (χ3n) is 2.14. The second-order valence-electron chi connectivity index (χ2n) is 5.04. The summed E-state index contributed by atoms with van der Waals surface area (Å²) in [6.45, 7) is 5.91. The van der Waals surface area contributed by atoms with E-state index in [1.165, 1.54) is 0 Å². The lowest BCUT2D eigenvalue weighted by Crippen LogP contribution is -2.24. The third kappa shape index (κ3) is 4.13. The first-order valence-electron chi connectivity index (χ1n) is 5.97. The summed E-state index contributed by atoms with van der Waals surface area (Å²) < 4.78 is 5.75. The van der Waals surface area contributed by atoms with Crippen LogP contribution in [0.15, 0.2) is 46.6 Å². The zero-order valence-electron chi connectivity index (χ0n) is 11.3. The van der Waals surface area contributed by atoms with E-state index >= 15 is 0 Å². The van der Waals surface area contributed by atoms with E-state index in [4.69, 9.17) is 10.5 Å². The van der Waals surface area contributed by atoms with E-state index in [1.807, 2.05) is 45.0 Å². The lowest BCUT2D eigenvalue weighted by atomic mass is 10.2. The molecule has 0 unspecified atom stereocenters. The normalized spacial score (nSPS) is 11.3. The lowest BCUT2D eigenvalue weighted by Gasteiger charge is -2.21. The Balaban J connectivity index is 2.21. The first-order valence-corrected chi connectivity index (χ1v) is 6.79. The molecule has 0 aliphatic carbocycles. The standard InChI is InChI=1S/C14H17N3OS/c1-14(2,3)18-13-11(15)4-5-12(17-13)19-10-6-8-16-9-7-10/h4-9H,15H2,1-3H3. The molecule has 0 aliphatic heterocycles. The number of anilines is 1. The molecule has 100 valence electrons. The molecule has 0 saturated carbocycles. The molecule has 0 spiro atoms. The highest BCUT2D eigenvalue weighted by atomic mass is 32.2. The Kier molecular flexibility index (Phi) is 3.95. The largest absolute Gasteiger partial charge is 0.470 e. The van der Waals surface area contributed by atoms with Crippen LogP contribution in [0.4, 0.5) is 5.69 Å². The van der Waals surface area contributed by atoms with E-state index in [-0.39, 0.29) is 5.60 Å². The number of aromatic nitrogens is 2. The number of pyridine rings is 2. The smallest absolute Gasteiger partial charge is 0.238 e. The van der Waals surface area contributed by atoms with E-state index in [0.29, 0.717) is 11.6 Å². The van der Waals surface area contributed by atoms with Gasteiger partial charge in [0.1, 0.15) is 10.6 Å². The highest BCUT2D eigenvalue weighted by molar-refractivity contribution is 7.99. The Morgan fingerprint density at radius 3 is 2.42 bits per heavy atom. The first kappa shape index (κ1) is 13.7. The van der Waals surface area contributed by atoms with Gasteiger partial charge in [0, 0.05) is 17.3 Å². The van der Waals surface area contributed by atoms with Crippen molar-refractivity contribution >= 4 is 17.4 Å². The molecule has 0 bridgehead atoms. The molecule has 19 heavy (non-hydrogen) atoms. The highest BCUT2D eigenvalue weighted by Gasteiger charge is 2.15. The first-order chi connectivity index (χ1) is 8.94. The van der Waals surface area contributed by atoms with Crippen molar-refractivity contribution in [3.8, 4) is 5.88 Å². The third-order valence-corrected chi connectivity index (χ3v) is 3.08. The van der Waals surface area contributed by atoms with Crippen LogP contribution in [0.3, 0.4) is 0 Å². The second kappa shape index (κ2) is 5.48. The monoisotopic (exact) mass is 275 g/mol. The molecule has 0 radical (unpaired) electrons. The van der Waals surface area contributed by atoms with E-state index in [2.05, 4.69) is 9.97 Å². The number of hydrogen-bond acceptors (Lipinski definition) is 5. The van der Waals surface area contributed by atoms with Crippen LogP contribution in [-0.4, -0.2) is 15.6 Å². The van der Waals surface area contributed by atoms with Crippen LogP contribution in [0.1, 0.15) is 20.8 Å². The molecule has 2 heterocycles. The van der Waals surface area contributed by atoms with Gasteiger partial charge in [-0.1, -0.05) is 11.8 Å². The average Bonchev–Trinajstić information content (AvgIpc) is 2.33. The molecule has 0 saturated heterocycles. The van der Waals surface area contributed by atoms with Gasteiger partial charge in [-0.25, -0.2) is 4.98 Å². The fourth-order valence-corrected chi connectivity index (χ4v) is 2.15. The van der Waals surface area contributed by atoms with Crippen LogP contribution < -0.4 is 10.5 Å². The second-order valence-corrected chi connectivity index (χ2v) is 6.14. The molecule has 0 aliphatic rings. The van der Waals surface area contributed by atoms with Crippen molar-refractivity contribution in [2.75, 3.05) is 5.73 Å². The van der Waals surface area contributed by atoms with Gasteiger partial charge in [-0.2, -0.15) is 0 Å². The maximum Gasteiger partial charge on any atom is 0.238 e. The molecule has 5 heteroatoms. The Hall–Kier alpha value is -1.75. The highest BCUT2D eigenvalue weighted by Crippen LogP contribution is 2.30. The number of nitrogens with two attached hydrogens (primary N) is 1. The summed E-state index contributed by atoms with van der Waals surface area (Å²) in [5.41, 5.74) is 6.11.